The maximum Gasteiger partial charge on any atom is 0.453 e. The normalized spacial score (nSPS) is 15.8. The van der Waals surface area contributed by atoms with E-state index in [2.05, 4.69) is 15.7 Å². The summed E-state index contributed by atoms with van der Waals surface area (Å²) in [6, 6.07) is 12.6. The van der Waals surface area contributed by atoms with Crippen LogP contribution in [-0.2, 0) is 9.47 Å². The average Bonchev–Trinajstić information content (AvgIpc) is 3.46. The molecule has 0 aromatic heterocycles. The largest absolute Gasteiger partial charge is 0.453 e. The Kier molecular flexibility index (Phi) is 20.3. The highest BCUT2D eigenvalue weighted by Gasteiger charge is 2.18. The molecule has 2 aliphatic rings. The third kappa shape index (κ3) is 25.2. The van der Waals surface area contributed by atoms with Gasteiger partial charge in [-0.1, -0.05) is 72.3 Å². The van der Waals surface area contributed by atoms with E-state index in [1.54, 1.807) is 41.5 Å². The molecule has 0 aliphatic heterocycles. The number of rotatable bonds is 1. The van der Waals surface area contributed by atoms with Crippen molar-refractivity contribution in [1.82, 2.24) is 5.43 Å². The van der Waals surface area contributed by atoms with Gasteiger partial charge in [-0.3, -0.25) is 11.3 Å². The van der Waals surface area contributed by atoms with Gasteiger partial charge in [-0.15, -0.1) is 0 Å². The fourth-order valence-corrected chi connectivity index (χ4v) is 3.03. The van der Waals surface area contributed by atoms with Gasteiger partial charge in [-0.05, 0) is 67.2 Å². The van der Waals surface area contributed by atoms with Gasteiger partial charge in [0.05, 0.1) is 6.10 Å². The number of nitrogens with zero attached hydrogens (tertiary/aromatic N) is 2. The van der Waals surface area contributed by atoms with Crippen LogP contribution >= 0.6 is 9.90 Å². The van der Waals surface area contributed by atoms with Crippen LogP contribution in [0.3, 0.4) is 0 Å². The van der Waals surface area contributed by atoms with Crippen molar-refractivity contribution in [3.05, 3.63) is 36.4 Å². The molecular weight excluding hydrogens is 479 g/mol. The van der Waals surface area contributed by atoms with Gasteiger partial charge in [0.2, 0.25) is 0 Å². The van der Waals surface area contributed by atoms with E-state index >= 15 is 0 Å². The van der Waals surface area contributed by atoms with Crippen LogP contribution in [0.5, 0.6) is 0 Å². The Morgan fingerprint density at radius 3 is 1.25 bits per heavy atom. The van der Waals surface area contributed by atoms with Crippen LogP contribution in [0.2, 0.25) is 0 Å². The molecule has 208 valence electrons. The van der Waals surface area contributed by atoms with Crippen LogP contribution in [0.15, 0.2) is 46.6 Å². The molecule has 0 heterocycles. The Labute approximate surface area is 220 Å². The molecule has 1 unspecified atom stereocenters. The molecule has 2 amide bonds. The smallest absolute Gasteiger partial charge is 0.441 e. The van der Waals surface area contributed by atoms with E-state index in [1.807, 2.05) is 36.4 Å². The number of ether oxygens (including phenoxy) is 2. The Morgan fingerprint density at radius 1 is 0.750 bits per heavy atom. The number of nitrogens with one attached hydrogen (secondary N) is 1. The van der Waals surface area contributed by atoms with Crippen LogP contribution in [-0.4, -0.2) is 40.6 Å². The molecule has 0 saturated heterocycles. The van der Waals surface area contributed by atoms with Crippen molar-refractivity contribution in [2.24, 2.45) is 16.1 Å². The monoisotopic (exact) mass is 528 g/mol. The second-order valence-corrected chi connectivity index (χ2v) is 10.4. The van der Waals surface area contributed by atoms with Gasteiger partial charge in [0.1, 0.15) is 11.2 Å². The third-order valence-corrected chi connectivity index (χ3v) is 4.58. The number of carbonyl (C=O) groups is 2. The van der Waals surface area contributed by atoms with E-state index in [4.69, 9.17) is 20.4 Å². The van der Waals surface area contributed by atoms with E-state index in [0.717, 1.165) is 12.8 Å². The lowest BCUT2D eigenvalue weighted by molar-refractivity contribution is 0.0516. The first-order valence-electron chi connectivity index (χ1n) is 12.3. The molecule has 2 aliphatic carbocycles. The van der Waals surface area contributed by atoms with Crippen molar-refractivity contribution in [3.8, 4) is 0 Å². The SMILES string of the molecule is CC(C)(C)OC(=O)N=NC(=O)OC(C)(C)C.NNC1CCCC1.OC1CCCC1.P.c1ccccc1. The standard InChI is InChI=1S/C10H18N2O4.C6H6.C5H12N2.C5H10O.H3P/c1-9(2,3)15-7(13)11-12-8(14)16-10(4,5)6;1-2-4-6-5-3-1;6-7-5-3-1-2-4-5;6-5-3-1-2-4-5;/h1-6H3;1-6H;5,7H,1-4,6H2;5-6H,1-4H2;1H3. The molecule has 0 spiro atoms. The quantitative estimate of drug-likeness (QED) is 0.167. The van der Waals surface area contributed by atoms with Crippen molar-refractivity contribution in [3.63, 3.8) is 0 Å². The number of hydrogen-bond acceptors (Lipinski definition) is 7. The zero-order valence-electron chi connectivity index (χ0n) is 23.0. The summed E-state index contributed by atoms with van der Waals surface area (Å²) in [6.45, 7) is 10.1. The number of aliphatic hydroxyl groups excluding tert-OH is 1. The molecule has 1 aromatic carbocycles. The molecule has 9 nitrogen and oxygen atoms in total. The first-order chi connectivity index (χ1) is 16.3. The summed E-state index contributed by atoms with van der Waals surface area (Å²) in [5, 5.41) is 14.9. The van der Waals surface area contributed by atoms with Crippen LogP contribution in [0.25, 0.3) is 0 Å². The topological polar surface area (TPSA) is 136 Å². The molecule has 1 aromatic rings. The van der Waals surface area contributed by atoms with E-state index in [0.29, 0.717) is 6.04 Å². The zero-order valence-corrected chi connectivity index (χ0v) is 24.4. The zero-order chi connectivity index (χ0) is 26.7. The lowest BCUT2D eigenvalue weighted by atomic mass is 10.2. The molecule has 36 heavy (non-hydrogen) atoms. The number of hydrogen-bond donors (Lipinski definition) is 3. The highest BCUT2D eigenvalue weighted by Crippen LogP contribution is 2.17. The van der Waals surface area contributed by atoms with E-state index in [1.165, 1.54) is 38.5 Å². The second kappa shape index (κ2) is 20.2. The first kappa shape index (κ1) is 36.2. The molecule has 10 heteroatoms. The minimum absolute atomic E-state index is 0. The van der Waals surface area contributed by atoms with Crippen molar-refractivity contribution >= 4 is 22.1 Å². The van der Waals surface area contributed by atoms with E-state index in [-0.39, 0.29) is 16.0 Å². The van der Waals surface area contributed by atoms with Crippen molar-refractivity contribution in [2.75, 3.05) is 0 Å². The summed E-state index contributed by atoms with van der Waals surface area (Å²) in [7, 11) is 0. The number of aliphatic hydroxyl groups is 1. The third-order valence-electron chi connectivity index (χ3n) is 4.58. The number of azo groups is 1. The van der Waals surface area contributed by atoms with Gasteiger partial charge in [-0.2, -0.15) is 9.90 Å². The second-order valence-electron chi connectivity index (χ2n) is 10.4. The van der Waals surface area contributed by atoms with Gasteiger partial charge in [0.25, 0.3) is 0 Å². The lowest BCUT2D eigenvalue weighted by Gasteiger charge is -2.17. The van der Waals surface area contributed by atoms with Gasteiger partial charge in [-0.25, -0.2) is 9.59 Å². The Balaban J connectivity index is 0. The molecule has 4 N–H and O–H groups in total. The van der Waals surface area contributed by atoms with Crippen LogP contribution in [0.4, 0.5) is 9.59 Å². The Bertz CT molecular complexity index is 653. The van der Waals surface area contributed by atoms with Crippen molar-refractivity contribution in [1.29, 1.82) is 0 Å². The van der Waals surface area contributed by atoms with Crippen LogP contribution in [0, 0.1) is 0 Å². The minimum atomic E-state index is -0.918. The molecule has 3 rings (SSSR count). The number of amides is 2. The first-order valence-corrected chi connectivity index (χ1v) is 12.3. The average molecular weight is 529 g/mol. The number of carbonyl (C=O) groups excluding carboxylic acids is 2. The summed E-state index contributed by atoms with van der Waals surface area (Å²) in [6.07, 6.45) is 8.03. The van der Waals surface area contributed by atoms with E-state index < -0.39 is 23.4 Å². The van der Waals surface area contributed by atoms with Crippen LogP contribution < -0.4 is 11.3 Å². The van der Waals surface area contributed by atoms with Crippen molar-refractivity contribution in [2.45, 2.75) is 116 Å². The summed E-state index contributed by atoms with van der Waals surface area (Å²) >= 11 is 0. The predicted molar refractivity (Wildman–Crippen MR) is 149 cm³/mol. The highest BCUT2D eigenvalue weighted by molar-refractivity contribution is 6.92. The summed E-state index contributed by atoms with van der Waals surface area (Å²) < 4.78 is 9.62. The Morgan fingerprint density at radius 2 is 1.06 bits per heavy atom. The lowest BCUT2D eigenvalue weighted by Crippen LogP contribution is -2.32. The van der Waals surface area contributed by atoms with Crippen LogP contribution in [0.1, 0.15) is 92.9 Å². The van der Waals surface area contributed by atoms with E-state index in [9.17, 15) is 9.59 Å². The maximum absolute atomic E-state index is 11.0. The van der Waals surface area contributed by atoms with Gasteiger partial charge in [0.15, 0.2) is 0 Å². The molecule has 0 radical (unpaired) electrons. The summed E-state index contributed by atoms with van der Waals surface area (Å²) in [5.41, 5.74) is 1.44. The van der Waals surface area contributed by atoms with Gasteiger partial charge >= 0.3 is 12.2 Å². The maximum atomic E-state index is 11.0. The van der Waals surface area contributed by atoms with Gasteiger partial charge in [0, 0.05) is 6.04 Å². The predicted octanol–water partition coefficient (Wildman–Crippen LogP) is 6.37. The number of benzene rings is 1. The number of nitrogens with two attached hydrogens (primary N) is 1. The molecule has 1 atom stereocenters. The fourth-order valence-electron chi connectivity index (χ4n) is 3.03. The minimum Gasteiger partial charge on any atom is -0.441 e. The molecular formula is C26H49N4O5P. The fraction of sp³-hybridized carbons (Fsp3) is 0.692. The number of hydrazine groups is 1. The van der Waals surface area contributed by atoms with Gasteiger partial charge < -0.3 is 14.6 Å². The summed E-state index contributed by atoms with van der Waals surface area (Å²) in [5.74, 6) is 5.18. The summed E-state index contributed by atoms with van der Waals surface area (Å²) in [4.78, 5) is 22.1. The van der Waals surface area contributed by atoms with Crippen molar-refractivity contribution < 1.29 is 24.2 Å². The Hall–Kier alpha value is -1.93. The highest BCUT2D eigenvalue weighted by atomic mass is 31.0. The molecule has 2 saturated carbocycles. The molecule has 2 fully saturated rings. The molecule has 0 bridgehead atoms.